The van der Waals surface area contributed by atoms with E-state index in [1.165, 1.54) is 11.3 Å². The number of hydrogen-bond donors (Lipinski definition) is 1. The number of esters is 1. The average molecular weight is 413 g/mol. The summed E-state index contributed by atoms with van der Waals surface area (Å²) >= 11 is 1.39. The number of aromatic nitrogens is 2. The number of benzene rings is 1. The Balaban J connectivity index is 1.31. The summed E-state index contributed by atoms with van der Waals surface area (Å²) in [4.78, 5) is 28.5. The minimum absolute atomic E-state index is 0.112. The van der Waals surface area contributed by atoms with Crippen molar-refractivity contribution in [2.45, 2.75) is 26.1 Å². The summed E-state index contributed by atoms with van der Waals surface area (Å²) in [6.45, 7) is 1.04. The van der Waals surface area contributed by atoms with Gasteiger partial charge in [0.05, 0.1) is 4.88 Å². The number of thiophene rings is 1. The van der Waals surface area contributed by atoms with Crippen LogP contribution in [-0.4, -0.2) is 28.0 Å². The highest BCUT2D eigenvalue weighted by Gasteiger charge is 2.07. The summed E-state index contributed by atoms with van der Waals surface area (Å²) < 4.78 is 12.9. The van der Waals surface area contributed by atoms with E-state index in [0.717, 1.165) is 17.1 Å². The molecule has 0 unspecified atom stereocenters. The van der Waals surface area contributed by atoms with E-state index in [0.29, 0.717) is 24.4 Å². The molecule has 0 radical (unpaired) electrons. The molecule has 0 bridgehead atoms. The minimum Gasteiger partial charge on any atom is -0.486 e. The van der Waals surface area contributed by atoms with Crippen LogP contribution >= 0.6 is 11.3 Å². The van der Waals surface area contributed by atoms with Crippen LogP contribution in [0.2, 0.25) is 0 Å². The van der Waals surface area contributed by atoms with Gasteiger partial charge in [0.2, 0.25) is 0 Å². The van der Waals surface area contributed by atoms with Gasteiger partial charge in [0, 0.05) is 32.4 Å². The molecule has 2 heterocycles. The van der Waals surface area contributed by atoms with Gasteiger partial charge in [0.25, 0.3) is 5.91 Å². The molecule has 0 aliphatic rings. The normalized spacial score (nSPS) is 10.5. The Kier molecular flexibility index (Phi) is 7.40. The van der Waals surface area contributed by atoms with Crippen molar-refractivity contribution in [2.75, 3.05) is 6.54 Å². The molecule has 1 N–H and O–H groups in total. The maximum Gasteiger partial charge on any atom is 0.306 e. The first-order valence-electron chi connectivity index (χ1n) is 9.27. The molecule has 3 rings (SSSR count). The lowest BCUT2D eigenvalue weighted by Gasteiger charge is -2.08. The number of carbonyl (C=O) groups excluding carboxylic acids is 2. The van der Waals surface area contributed by atoms with Crippen LogP contribution in [0.25, 0.3) is 0 Å². The van der Waals surface area contributed by atoms with Crippen LogP contribution in [0.1, 0.15) is 33.9 Å². The second-order valence-electron chi connectivity index (χ2n) is 6.38. The van der Waals surface area contributed by atoms with Crippen molar-refractivity contribution >= 4 is 23.2 Å². The number of carbonyl (C=O) groups is 2. The highest BCUT2D eigenvalue weighted by Crippen LogP contribution is 2.15. The smallest absolute Gasteiger partial charge is 0.306 e. The van der Waals surface area contributed by atoms with E-state index >= 15 is 0 Å². The van der Waals surface area contributed by atoms with E-state index in [2.05, 4.69) is 10.3 Å². The Hall–Kier alpha value is -3.13. The second-order valence-corrected chi connectivity index (χ2v) is 7.33. The molecule has 0 spiro atoms. The lowest BCUT2D eigenvalue weighted by atomic mass is 10.2. The molecule has 1 aromatic carbocycles. The first-order chi connectivity index (χ1) is 14.1. The van der Waals surface area contributed by atoms with Gasteiger partial charge in [0.15, 0.2) is 0 Å². The Morgan fingerprint density at radius 2 is 2.00 bits per heavy atom. The molecule has 3 aromatic rings. The third-order valence-corrected chi connectivity index (χ3v) is 5.07. The number of nitrogens with zero attached hydrogens (tertiary/aromatic N) is 2. The van der Waals surface area contributed by atoms with Crippen molar-refractivity contribution in [3.05, 3.63) is 70.4 Å². The zero-order valence-electron chi connectivity index (χ0n) is 16.2. The predicted octanol–water partition coefficient (Wildman–Crippen LogP) is 3.31. The van der Waals surface area contributed by atoms with E-state index in [1.54, 1.807) is 12.3 Å². The largest absolute Gasteiger partial charge is 0.486 e. The highest BCUT2D eigenvalue weighted by atomic mass is 32.1. The molecule has 0 fully saturated rings. The SMILES string of the molecule is Cn1ccnc1COc1ccc(COC(=O)CCCNC(=O)c2cccs2)cc1. The van der Waals surface area contributed by atoms with E-state index in [1.807, 2.05) is 53.5 Å². The topological polar surface area (TPSA) is 82.4 Å². The average Bonchev–Trinajstić information content (AvgIpc) is 3.41. The molecule has 7 nitrogen and oxygen atoms in total. The van der Waals surface area contributed by atoms with Crippen LogP contribution in [0.4, 0.5) is 0 Å². The fraction of sp³-hybridized carbons (Fsp3) is 0.286. The van der Waals surface area contributed by atoms with Crippen LogP contribution in [0, 0.1) is 0 Å². The number of aryl methyl sites for hydroxylation is 1. The van der Waals surface area contributed by atoms with Crippen LogP contribution < -0.4 is 10.1 Å². The fourth-order valence-corrected chi connectivity index (χ4v) is 3.17. The minimum atomic E-state index is -0.287. The number of rotatable bonds is 10. The van der Waals surface area contributed by atoms with Crippen molar-refractivity contribution in [1.82, 2.24) is 14.9 Å². The van der Waals surface area contributed by atoms with E-state index < -0.39 is 0 Å². The zero-order chi connectivity index (χ0) is 20.5. The summed E-state index contributed by atoms with van der Waals surface area (Å²) in [6, 6.07) is 11.0. The Bertz CT molecular complexity index is 920. The monoisotopic (exact) mass is 413 g/mol. The summed E-state index contributed by atoms with van der Waals surface area (Å²) in [5.74, 6) is 1.17. The third-order valence-electron chi connectivity index (χ3n) is 4.20. The molecule has 0 atom stereocenters. The highest BCUT2D eigenvalue weighted by molar-refractivity contribution is 7.12. The molecule has 152 valence electrons. The summed E-state index contributed by atoms with van der Waals surface area (Å²) in [5, 5.41) is 4.64. The van der Waals surface area contributed by atoms with Gasteiger partial charge in [-0.2, -0.15) is 0 Å². The van der Waals surface area contributed by atoms with Crippen LogP contribution in [0.15, 0.2) is 54.2 Å². The van der Waals surface area contributed by atoms with Gasteiger partial charge in [-0.1, -0.05) is 18.2 Å². The molecule has 2 aromatic heterocycles. The Labute approximate surface area is 173 Å². The molecule has 29 heavy (non-hydrogen) atoms. The Morgan fingerprint density at radius 3 is 2.69 bits per heavy atom. The Morgan fingerprint density at radius 1 is 1.17 bits per heavy atom. The summed E-state index contributed by atoms with van der Waals surface area (Å²) in [7, 11) is 1.92. The van der Waals surface area contributed by atoms with Gasteiger partial charge >= 0.3 is 5.97 Å². The van der Waals surface area contributed by atoms with Crippen LogP contribution in [0.3, 0.4) is 0 Å². The fourth-order valence-electron chi connectivity index (χ4n) is 2.53. The first kappa shape index (κ1) is 20.6. The lowest BCUT2D eigenvalue weighted by Crippen LogP contribution is -2.24. The first-order valence-corrected chi connectivity index (χ1v) is 10.1. The number of imidazole rings is 1. The van der Waals surface area contributed by atoms with E-state index in [9.17, 15) is 9.59 Å². The lowest BCUT2D eigenvalue weighted by molar-refractivity contribution is -0.145. The number of nitrogens with one attached hydrogen (secondary N) is 1. The maximum absolute atomic E-state index is 11.9. The molecule has 1 amide bonds. The zero-order valence-corrected chi connectivity index (χ0v) is 17.0. The van der Waals surface area contributed by atoms with Gasteiger partial charge in [-0.3, -0.25) is 9.59 Å². The van der Waals surface area contributed by atoms with E-state index in [4.69, 9.17) is 9.47 Å². The predicted molar refractivity (Wildman–Crippen MR) is 110 cm³/mol. The quantitative estimate of drug-likeness (QED) is 0.407. The second kappa shape index (κ2) is 10.4. The van der Waals surface area contributed by atoms with Crippen molar-refractivity contribution < 1.29 is 19.1 Å². The van der Waals surface area contributed by atoms with Gasteiger partial charge in [0.1, 0.15) is 24.8 Å². The number of amides is 1. The summed E-state index contributed by atoms with van der Waals surface area (Å²) in [5.41, 5.74) is 0.883. The van der Waals surface area contributed by atoms with Crippen molar-refractivity contribution in [2.24, 2.45) is 7.05 Å². The van der Waals surface area contributed by atoms with Gasteiger partial charge in [-0.15, -0.1) is 11.3 Å². The molecule has 0 saturated heterocycles. The van der Waals surface area contributed by atoms with Crippen molar-refractivity contribution in [3.63, 3.8) is 0 Å². The van der Waals surface area contributed by atoms with Gasteiger partial charge < -0.3 is 19.4 Å². The van der Waals surface area contributed by atoms with Crippen molar-refractivity contribution in [3.8, 4) is 5.75 Å². The number of ether oxygens (including phenoxy) is 2. The summed E-state index contributed by atoms with van der Waals surface area (Å²) in [6.07, 6.45) is 4.40. The molecule has 0 aliphatic heterocycles. The molecule has 8 heteroatoms. The number of hydrogen-bond acceptors (Lipinski definition) is 6. The molecular weight excluding hydrogens is 390 g/mol. The third kappa shape index (κ3) is 6.46. The molecular formula is C21H23N3O4S. The van der Waals surface area contributed by atoms with Gasteiger partial charge in [-0.25, -0.2) is 4.98 Å². The van der Waals surface area contributed by atoms with E-state index in [-0.39, 0.29) is 24.9 Å². The van der Waals surface area contributed by atoms with Crippen molar-refractivity contribution in [1.29, 1.82) is 0 Å². The molecule has 0 aliphatic carbocycles. The standard InChI is InChI=1S/C21H23N3O4S/c1-24-12-11-22-19(24)15-27-17-8-6-16(7-9-17)14-28-20(25)5-2-10-23-21(26)18-4-3-13-29-18/h3-4,6-9,11-13H,2,5,10,14-15H2,1H3,(H,23,26). The van der Waals surface area contributed by atoms with Gasteiger partial charge in [-0.05, 0) is 35.6 Å². The maximum atomic E-state index is 11.9. The molecule has 0 saturated carbocycles. The van der Waals surface area contributed by atoms with Crippen LogP contribution in [-0.2, 0) is 29.8 Å². The van der Waals surface area contributed by atoms with Crippen LogP contribution in [0.5, 0.6) is 5.75 Å².